The minimum atomic E-state index is -0.629. The first-order chi connectivity index (χ1) is 10.7. The summed E-state index contributed by atoms with van der Waals surface area (Å²) in [6.07, 6.45) is 5.71. The first kappa shape index (κ1) is 15.8. The summed E-state index contributed by atoms with van der Waals surface area (Å²) in [6.45, 7) is 2.31. The second kappa shape index (κ2) is 7.44. The molecule has 3 rings (SSSR count). The van der Waals surface area contributed by atoms with E-state index in [1.165, 1.54) is 25.7 Å². The molecule has 0 aromatic carbocycles. The average Bonchev–Trinajstić information content (AvgIpc) is 3.23. The van der Waals surface area contributed by atoms with E-state index in [0.29, 0.717) is 0 Å². The highest BCUT2D eigenvalue weighted by atomic mass is 32.1. The van der Waals surface area contributed by atoms with E-state index in [2.05, 4.69) is 15.5 Å². The van der Waals surface area contributed by atoms with Crippen molar-refractivity contribution >= 4 is 17.4 Å². The number of carbonyl (C=O) groups excluding carboxylic acids is 1. The number of hydrogen-bond acceptors (Lipinski definition) is 4. The Morgan fingerprint density at radius 2 is 2.23 bits per heavy atom. The van der Waals surface area contributed by atoms with Crippen molar-refractivity contribution in [1.29, 1.82) is 0 Å². The number of amides is 2. The highest BCUT2D eigenvalue weighted by Gasteiger charge is 2.30. The number of aliphatic hydroxyl groups excluding tert-OH is 1. The van der Waals surface area contributed by atoms with Gasteiger partial charge in [0.05, 0.1) is 6.10 Å². The second-order valence-corrected chi connectivity index (χ2v) is 7.13. The van der Waals surface area contributed by atoms with Crippen LogP contribution in [0.2, 0.25) is 0 Å². The highest BCUT2D eigenvalue weighted by Crippen LogP contribution is 2.26. The summed E-state index contributed by atoms with van der Waals surface area (Å²) in [5, 5.41) is 19.6. The molecule has 1 aromatic rings. The smallest absolute Gasteiger partial charge is 0.315 e. The van der Waals surface area contributed by atoms with Gasteiger partial charge in [-0.2, -0.15) is 11.3 Å². The van der Waals surface area contributed by atoms with Crippen molar-refractivity contribution in [2.24, 2.45) is 0 Å². The summed E-state index contributed by atoms with van der Waals surface area (Å²) in [4.78, 5) is 14.5. The zero-order valence-electron chi connectivity index (χ0n) is 12.8. The molecule has 1 aliphatic carbocycles. The van der Waals surface area contributed by atoms with E-state index in [0.717, 1.165) is 31.1 Å². The lowest BCUT2D eigenvalue weighted by Crippen LogP contribution is -2.45. The summed E-state index contributed by atoms with van der Waals surface area (Å²) >= 11 is 1.55. The molecule has 1 aliphatic heterocycles. The van der Waals surface area contributed by atoms with Crippen molar-refractivity contribution in [3.8, 4) is 0 Å². The molecule has 0 bridgehead atoms. The largest absolute Gasteiger partial charge is 0.387 e. The predicted octanol–water partition coefficient (Wildman–Crippen LogP) is 2.10. The molecule has 6 heteroatoms. The van der Waals surface area contributed by atoms with Crippen molar-refractivity contribution in [3.63, 3.8) is 0 Å². The number of aliphatic hydroxyl groups is 1. The lowest BCUT2D eigenvalue weighted by Gasteiger charge is -2.23. The Bertz CT molecular complexity index is 474. The molecule has 5 nitrogen and oxygen atoms in total. The Balaban J connectivity index is 1.37. The van der Waals surface area contributed by atoms with Gasteiger partial charge in [0.15, 0.2) is 0 Å². The fraction of sp³-hybridized carbons (Fsp3) is 0.688. The van der Waals surface area contributed by atoms with Crippen LogP contribution in [0, 0.1) is 0 Å². The van der Waals surface area contributed by atoms with Crippen LogP contribution in [-0.4, -0.2) is 47.8 Å². The molecular formula is C16H25N3O2S. The third-order valence-corrected chi connectivity index (χ3v) is 5.48. The Morgan fingerprint density at radius 1 is 1.41 bits per heavy atom. The fourth-order valence-electron chi connectivity index (χ4n) is 3.51. The van der Waals surface area contributed by atoms with E-state index in [1.807, 2.05) is 16.8 Å². The number of urea groups is 1. The number of nitrogens with one attached hydrogen (secondary N) is 2. The molecule has 122 valence electrons. The first-order valence-electron chi connectivity index (χ1n) is 8.21. The third-order valence-electron chi connectivity index (χ3n) is 4.78. The van der Waals surface area contributed by atoms with Crippen LogP contribution in [-0.2, 0) is 0 Å². The van der Waals surface area contributed by atoms with Crippen LogP contribution in [0.15, 0.2) is 16.8 Å². The van der Waals surface area contributed by atoms with Crippen molar-refractivity contribution in [2.45, 2.75) is 50.3 Å². The predicted molar refractivity (Wildman–Crippen MR) is 88.0 cm³/mol. The van der Waals surface area contributed by atoms with E-state index in [1.54, 1.807) is 11.3 Å². The maximum Gasteiger partial charge on any atom is 0.315 e. The molecule has 2 atom stereocenters. The van der Waals surface area contributed by atoms with Crippen LogP contribution < -0.4 is 10.6 Å². The molecule has 0 spiro atoms. The fourth-order valence-corrected chi connectivity index (χ4v) is 4.22. The van der Waals surface area contributed by atoms with E-state index in [4.69, 9.17) is 0 Å². The number of carbonyl (C=O) groups is 1. The number of likely N-dealkylation sites (tertiary alicyclic amines) is 1. The van der Waals surface area contributed by atoms with Gasteiger partial charge in [-0.15, -0.1) is 0 Å². The Morgan fingerprint density at radius 3 is 2.95 bits per heavy atom. The number of hydrogen-bond donors (Lipinski definition) is 3. The molecule has 2 unspecified atom stereocenters. The summed E-state index contributed by atoms with van der Waals surface area (Å²) in [7, 11) is 0. The molecule has 2 aliphatic rings. The number of rotatable bonds is 5. The summed E-state index contributed by atoms with van der Waals surface area (Å²) in [5.41, 5.74) is 0.860. The van der Waals surface area contributed by atoms with Crippen molar-refractivity contribution in [3.05, 3.63) is 22.4 Å². The van der Waals surface area contributed by atoms with E-state index in [9.17, 15) is 9.90 Å². The zero-order valence-corrected chi connectivity index (χ0v) is 13.6. The van der Waals surface area contributed by atoms with Gasteiger partial charge in [-0.25, -0.2) is 4.79 Å². The van der Waals surface area contributed by atoms with Gasteiger partial charge < -0.3 is 15.7 Å². The molecule has 1 saturated carbocycles. The molecule has 22 heavy (non-hydrogen) atoms. The van der Waals surface area contributed by atoms with Gasteiger partial charge in [0.1, 0.15) is 0 Å². The van der Waals surface area contributed by atoms with Gasteiger partial charge in [-0.1, -0.05) is 12.8 Å². The van der Waals surface area contributed by atoms with Crippen LogP contribution in [0.3, 0.4) is 0 Å². The van der Waals surface area contributed by atoms with Gasteiger partial charge in [0.25, 0.3) is 0 Å². The van der Waals surface area contributed by atoms with E-state index in [-0.39, 0.29) is 18.6 Å². The van der Waals surface area contributed by atoms with Crippen LogP contribution >= 0.6 is 11.3 Å². The van der Waals surface area contributed by atoms with Gasteiger partial charge in [0.2, 0.25) is 0 Å². The molecule has 2 fully saturated rings. The molecule has 2 amide bonds. The highest BCUT2D eigenvalue weighted by molar-refractivity contribution is 7.07. The molecule has 1 saturated heterocycles. The van der Waals surface area contributed by atoms with Crippen molar-refractivity contribution < 1.29 is 9.90 Å². The average molecular weight is 323 g/mol. The lowest BCUT2D eigenvalue weighted by atomic mass is 10.2. The third kappa shape index (κ3) is 4.00. The van der Waals surface area contributed by atoms with Crippen LogP contribution in [0.5, 0.6) is 0 Å². The lowest BCUT2D eigenvalue weighted by molar-refractivity contribution is 0.172. The monoisotopic (exact) mass is 323 g/mol. The zero-order chi connectivity index (χ0) is 15.4. The minimum Gasteiger partial charge on any atom is -0.387 e. The maximum atomic E-state index is 12.0. The van der Waals surface area contributed by atoms with Crippen molar-refractivity contribution in [1.82, 2.24) is 15.5 Å². The van der Waals surface area contributed by atoms with Gasteiger partial charge >= 0.3 is 6.03 Å². The molecular weight excluding hydrogens is 298 g/mol. The van der Waals surface area contributed by atoms with E-state index < -0.39 is 6.10 Å². The quantitative estimate of drug-likeness (QED) is 0.777. The van der Waals surface area contributed by atoms with Crippen LogP contribution in [0.1, 0.15) is 43.8 Å². The van der Waals surface area contributed by atoms with Gasteiger partial charge in [-0.3, -0.25) is 4.90 Å². The Labute approximate surface area is 135 Å². The van der Waals surface area contributed by atoms with Gasteiger partial charge in [0, 0.05) is 31.7 Å². The van der Waals surface area contributed by atoms with Crippen molar-refractivity contribution in [2.75, 3.05) is 19.6 Å². The molecule has 0 radical (unpaired) electrons. The second-order valence-electron chi connectivity index (χ2n) is 6.35. The van der Waals surface area contributed by atoms with Crippen LogP contribution in [0.4, 0.5) is 4.79 Å². The minimum absolute atomic E-state index is 0.174. The van der Waals surface area contributed by atoms with Gasteiger partial charge in [-0.05, 0) is 41.7 Å². The Kier molecular flexibility index (Phi) is 5.33. The molecule has 1 aromatic heterocycles. The SMILES string of the molecule is O=C(NCC(O)c1ccsc1)NC1CCN(C2CCCC2)C1. The number of thiophene rings is 1. The first-order valence-corrected chi connectivity index (χ1v) is 9.15. The molecule has 2 heterocycles. The summed E-state index contributed by atoms with van der Waals surface area (Å²) < 4.78 is 0. The normalized spacial score (nSPS) is 24.5. The Hall–Kier alpha value is -1.11. The maximum absolute atomic E-state index is 12.0. The topological polar surface area (TPSA) is 64.6 Å². The standard InChI is InChI=1S/C16H25N3O2S/c20-15(12-6-8-22-11-12)9-17-16(21)18-13-5-7-19(10-13)14-3-1-2-4-14/h6,8,11,13-15,20H,1-5,7,9-10H2,(H2,17,18,21). The summed E-state index contributed by atoms with van der Waals surface area (Å²) in [5.74, 6) is 0. The number of nitrogens with zero attached hydrogens (tertiary/aromatic N) is 1. The summed E-state index contributed by atoms with van der Waals surface area (Å²) in [6, 6.07) is 2.67. The van der Waals surface area contributed by atoms with Crippen LogP contribution in [0.25, 0.3) is 0 Å². The van der Waals surface area contributed by atoms with E-state index >= 15 is 0 Å². The molecule has 3 N–H and O–H groups in total.